The summed E-state index contributed by atoms with van der Waals surface area (Å²) in [5.74, 6) is 1.26. The van der Waals surface area contributed by atoms with Crippen molar-refractivity contribution in [1.29, 1.82) is 0 Å². The third kappa shape index (κ3) is 4.88. The first-order valence-electron chi connectivity index (χ1n) is 9.35. The summed E-state index contributed by atoms with van der Waals surface area (Å²) in [5, 5.41) is 17.3. The van der Waals surface area contributed by atoms with Gasteiger partial charge in [0.15, 0.2) is 5.96 Å². The molecule has 0 spiro atoms. The van der Waals surface area contributed by atoms with E-state index < -0.39 is 5.60 Å². The van der Waals surface area contributed by atoms with Gasteiger partial charge in [0.05, 0.1) is 12.8 Å². The third-order valence-corrected chi connectivity index (χ3v) is 4.95. The lowest BCUT2D eigenvalue weighted by Gasteiger charge is -2.21. The molecular weight excluding hydrogens is 326 g/mol. The number of rotatable bonds is 8. The summed E-state index contributed by atoms with van der Waals surface area (Å²) in [6.45, 7) is 5.66. The molecule has 1 fully saturated rings. The van der Waals surface area contributed by atoms with E-state index in [0.29, 0.717) is 11.2 Å². The number of aliphatic imine (C=N–C) groups is 1. The first-order chi connectivity index (χ1) is 12.5. The zero-order valence-corrected chi connectivity index (χ0v) is 15.7. The fourth-order valence-corrected chi connectivity index (χ4v) is 3.13. The highest BCUT2D eigenvalue weighted by atomic mass is 16.4. The lowest BCUT2D eigenvalue weighted by molar-refractivity contribution is 0.0437. The number of hydrogen-bond acceptors (Lipinski definition) is 3. The van der Waals surface area contributed by atoms with Gasteiger partial charge < -0.3 is 20.2 Å². The summed E-state index contributed by atoms with van der Waals surface area (Å²) in [4.78, 5) is 4.56. The minimum Gasteiger partial charge on any atom is -0.466 e. The summed E-state index contributed by atoms with van der Waals surface area (Å²) in [6, 6.07) is 14.2. The quantitative estimate of drug-likeness (QED) is 0.503. The smallest absolute Gasteiger partial charge is 0.191 e. The number of guanidine groups is 1. The second-order valence-electron chi connectivity index (χ2n) is 7.46. The predicted molar refractivity (Wildman–Crippen MR) is 104 cm³/mol. The number of nitrogens with one attached hydrogen (secondary N) is 2. The van der Waals surface area contributed by atoms with E-state index in [9.17, 15) is 5.11 Å². The Bertz CT molecular complexity index is 704. The number of furan rings is 1. The van der Waals surface area contributed by atoms with Gasteiger partial charge in [-0.1, -0.05) is 30.3 Å². The van der Waals surface area contributed by atoms with Gasteiger partial charge in [-0.15, -0.1) is 0 Å². The van der Waals surface area contributed by atoms with Crippen LogP contribution < -0.4 is 10.6 Å². The fourth-order valence-electron chi connectivity index (χ4n) is 3.13. The second kappa shape index (κ2) is 7.96. The van der Waals surface area contributed by atoms with Crippen LogP contribution in [0.25, 0.3) is 0 Å². The molecule has 0 saturated heterocycles. The molecule has 140 valence electrons. The van der Waals surface area contributed by atoms with Crippen LogP contribution in [0, 0.1) is 5.41 Å². The first kappa shape index (κ1) is 18.5. The molecule has 2 aromatic rings. The Morgan fingerprint density at radius 3 is 2.58 bits per heavy atom. The van der Waals surface area contributed by atoms with Crippen molar-refractivity contribution >= 4 is 5.96 Å². The lowest BCUT2D eigenvalue weighted by atomic mass is 9.96. The number of nitrogens with zero attached hydrogens (tertiary/aromatic N) is 1. The highest BCUT2D eigenvalue weighted by molar-refractivity contribution is 5.79. The van der Waals surface area contributed by atoms with Crippen molar-refractivity contribution in [3.05, 3.63) is 60.1 Å². The Hall–Kier alpha value is -2.27. The van der Waals surface area contributed by atoms with Crippen molar-refractivity contribution in [1.82, 2.24) is 10.6 Å². The zero-order valence-electron chi connectivity index (χ0n) is 15.7. The van der Waals surface area contributed by atoms with Crippen LogP contribution in [0.1, 0.15) is 38.0 Å². The molecule has 3 N–H and O–H groups in total. The first-order valence-corrected chi connectivity index (χ1v) is 9.35. The van der Waals surface area contributed by atoms with Crippen molar-refractivity contribution in [3.63, 3.8) is 0 Å². The van der Waals surface area contributed by atoms with Gasteiger partial charge in [0.1, 0.15) is 11.4 Å². The SMILES string of the molecule is CCNC(=NCC(C)(O)c1ccco1)NCC1(Cc2ccccc2)CC1. The van der Waals surface area contributed by atoms with E-state index in [1.807, 2.05) is 6.92 Å². The van der Waals surface area contributed by atoms with Crippen molar-refractivity contribution < 1.29 is 9.52 Å². The lowest BCUT2D eigenvalue weighted by Crippen LogP contribution is -2.41. The highest BCUT2D eigenvalue weighted by Crippen LogP contribution is 2.47. The summed E-state index contributed by atoms with van der Waals surface area (Å²) in [6.07, 6.45) is 5.12. The monoisotopic (exact) mass is 355 g/mol. The molecular formula is C21H29N3O2. The summed E-state index contributed by atoms with van der Waals surface area (Å²) in [7, 11) is 0. The van der Waals surface area contributed by atoms with Crippen molar-refractivity contribution in [2.24, 2.45) is 10.4 Å². The molecule has 1 unspecified atom stereocenters. The van der Waals surface area contributed by atoms with Gasteiger partial charge in [0.2, 0.25) is 0 Å². The molecule has 1 aliphatic rings. The molecule has 5 heteroatoms. The second-order valence-corrected chi connectivity index (χ2v) is 7.46. The summed E-state index contributed by atoms with van der Waals surface area (Å²) >= 11 is 0. The maximum atomic E-state index is 10.6. The molecule has 0 radical (unpaired) electrons. The Labute approximate surface area is 155 Å². The van der Waals surface area contributed by atoms with Crippen LogP contribution >= 0.6 is 0 Å². The van der Waals surface area contributed by atoms with Crippen LogP contribution in [-0.2, 0) is 12.0 Å². The van der Waals surface area contributed by atoms with Crippen LogP contribution in [0.3, 0.4) is 0 Å². The highest BCUT2D eigenvalue weighted by Gasteiger charge is 2.42. The molecule has 1 aliphatic carbocycles. The van der Waals surface area contributed by atoms with Crippen LogP contribution in [0.5, 0.6) is 0 Å². The Balaban J connectivity index is 1.58. The summed E-state index contributed by atoms with van der Waals surface area (Å²) < 4.78 is 5.32. The largest absolute Gasteiger partial charge is 0.466 e. The Morgan fingerprint density at radius 1 is 1.19 bits per heavy atom. The van der Waals surface area contributed by atoms with Gasteiger partial charge >= 0.3 is 0 Å². The zero-order chi connectivity index (χ0) is 18.5. The normalized spacial score (nSPS) is 18.2. The molecule has 1 heterocycles. The number of aliphatic hydroxyl groups is 1. The van der Waals surface area contributed by atoms with Crippen LogP contribution in [0.2, 0.25) is 0 Å². The van der Waals surface area contributed by atoms with E-state index in [-0.39, 0.29) is 6.54 Å². The predicted octanol–water partition coefficient (Wildman–Crippen LogP) is 3.07. The van der Waals surface area contributed by atoms with Crippen molar-refractivity contribution in [3.8, 4) is 0 Å². The van der Waals surface area contributed by atoms with Gasteiger partial charge in [-0.3, -0.25) is 0 Å². The number of hydrogen-bond donors (Lipinski definition) is 3. The van der Waals surface area contributed by atoms with E-state index in [1.165, 1.54) is 18.4 Å². The molecule has 0 amide bonds. The average molecular weight is 355 g/mol. The third-order valence-electron chi connectivity index (χ3n) is 4.95. The van der Waals surface area contributed by atoms with Crippen molar-refractivity contribution in [2.75, 3.05) is 19.6 Å². The number of benzene rings is 1. The van der Waals surface area contributed by atoms with Gasteiger partial charge in [0.25, 0.3) is 0 Å². The molecule has 1 aromatic carbocycles. The van der Waals surface area contributed by atoms with Crippen LogP contribution in [0.15, 0.2) is 58.1 Å². The summed E-state index contributed by atoms with van der Waals surface area (Å²) in [5.41, 5.74) is 0.586. The molecule has 1 aromatic heterocycles. The molecule has 3 rings (SSSR count). The van der Waals surface area contributed by atoms with E-state index >= 15 is 0 Å². The van der Waals surface area contributed by atoms with Crippen LogP contribution in [-0.4, -0.2) is 30.7 Å². The van der Waals surface area contributed by atoms with E-state index in [1.54, 1.807) is 25.3 Å². The van der Waals surface area contributed by atoms with Crippen molar-refractivity contribution in [2.45, 2.75) is 38.7 Å². The van der Waals surface area contributed by atoms with E-state index in [4.69, 9.17) is 4.42 Å². The molecule has 1 saturated carbocycles. The van der Waals surface area contributed by atoms with E-state index in [0.717, 1.165) is 25.5 Å². The molecule has 5 nitrogen and oxygen atoms in total. The average Bonchev–Trinajstić information content (AvgIpc) is 3.16. The van der Waals surface area contributed by atoms with Crippen LogP contribution in [0.4, 0.5) is 0 Å². The minimum atomic E-state index is -1.12. The van der Waals surface area contributed by atoms with Gasteiger partial charge in [0, 0.05) is 13.1 Å². The molecule has 26 heavy (non-hydrogen) atoms. The maximum Gasteiger partial charge on any atom is 0.191 e. The fraction of sp³-hybridized carbons (Fsp3) is 0.476. The molecule has 0 bridgehead atoms. The topological polar surface area (TPSA) is 69.8 Å². The maximum absolute atomic E-state index is 10.6. The van der Waals surface area contributed by atoms with Gasteiger partial charge in [-0.05, 0) is 56.2 Å². The standard InChI is InChI=1S/C21H29N3O2/c1-3-22-19(23-15-20(2,25)18-10-7-13-26-18)24-16-21(11-12-21)14-17-8-5-4-6-9-17/h4-10,13,25H,3,11-12,14-16H2,1-2H3,(H2,22,23,24). The minimum absolute atomic E-state index is 0.238. The molecule has 1 atom stereocenters. The Morgan fingerprint density at radius 2 is 1.96 bits per heavy atom. The van der Waals surface area contributed by atoms with Gasteiger partial charge in [-0.25, -0.2) is 4.99 Å². The van der Waals surface area contributed by atoms with E-state index in [2.05, 4.69) is 46.0 Å². The van der Waals surface area contributed by atoms with Gasteiger partial charge in [-0.2, -0.15) is 0 Å². The molecule has 0 aliphatic heterocycles. The Kier molecular flexibility index (Phi) is 5.67.